The van der Waals surface area contributed by atoms with E-state index in [2.05, 4.69) is 5.32 Å². The van der Waals surface area contributed by atoms with Gasteiger partial charge in [0.2, 0.25) is 0 Å². The van der Waals surface area contributed by atoms with E-state index in [0.29, 0.717) is 13.1 Å². The standard InChI is InChI=1S/C12H12F2N2O2/c13-9-4-3-8(7-10(9)14)15-11(17)12(18)16-5-1-2-6-16/h3-4,7H,1-2,5-6H2,(H,15,17). The van der Waals surface area contributed by atoms with Gasteiger partial charge in [0.25, 0.3) is 0 Å². The van der Waals surface area contributed by atoms with E-state index in [0.717, 1.165) is 25.0 Å². The van der Waals surface area contributed by atoms with Gasteiger partial charge in [0.05, 0.1) is 0 Å². The number of carbonyl (C=O) groups excluding carboxylic acids is 2. The number of halogens is 2. The highest BCUT2D eigenvalue weighted by atomic mass is 19.2. The van der Waals surface area contributed by atoms with Crippen molar-refractivity contribution in [1.82, 2.24) is 4.90 Å². The van der Waals surface area contributed by atoms with Gasteiger partial charge in [0, 0.05) is 24.8 Å². The van der Waals surface area contributed by atoms with Crippen LogP contribution in [0.2, 0.25) is 0 Å². The van der Waals surface area contributed by atoms with Crippen molar-refractivity contribution in [2.45, 2.75) is 12.8 Å². The molecular weight excluding hydrogens is 242 g/mol. The molecule has 1 aromatic rings. The highest BCUT2D eigenvalue weighted by Gasteiger charge is 2.24. The summed E-state index contributed by atoms with van der Waals surface area (Å²) in [5.74, 6) is -3.54. The SMILES string of the molecule is O=C(Nc1ccc(F)c(F)c1)C(=O)N1CCCC1. The van der Waals surface area contributed by atoms with Gasteiger partial charge in [0.1, 0.15) is 0 Å². The van der Waals surface area contributed by atoms with E-state index in [-0.39, 0.29) is 5.69 Å². The van der Waals surface area contributed by atoms with E-state index in [1.807, 2.05) is 0 Å². The molecule has 0 saturated carbocycles. The van der Waals surface area contributed by atoms with Crippen LogP contribution in [0.15, 0.2) is 18.2 Å². The van der Waals surface area contributed by atoms with Crippen LogP contribution in [0, 0.1) is 11.6 Å². The fourth-order valence-corrected chi connectivity index (χ4v) is 1.82. The molecule has 0 bridgehead atoms. The molecule has 1 fully saturated rings. The third-order valence-electron chi connectivity index (χ3n) is 2.76. The van der Waals surface area contributed by atoms with Crippen molar-refractivity contribution in [3.8, 4) is 0 Å². The van der Waals surface area contributed by atoms with Crippen LogP contribution in [-0.2, 0) is 9.59 Å². The molecule has 1 aliphatic rings. The van der Waals surface area contributed by atoms with Crippen molar-refractivity contribution in [1.29, 1.82) is 0 Å². The number of anilines is 1. The fourth-order valence-electron chi connectivity index (χ4n) is 1.82. The maximum atomic E-state index is 12.9. The van der Waals surface area contributed by atoms with Gasteiger partial charge in [-0.3, -0.25) is 9.59 Å². The number of nitrogens with zero attached hydrogens (tertiary/aromatic N) is 1. The molecule has 1 aliphatic heterocycles. The summed E-state index contributed by atoms with van der Waals surface area (Å²) in [5.41, 5.74) is 0.0615. The second-order valence-corrected chi connectivity index (χ2v) is 4.08. The topological polar surface area (TPSA) is 49.4 Å². The molecule has 6 heteroatoms. The Morgan fingerprint density at radius 2 is 1.78 bits per heavy atom. The third kappa shape index (κ3) is 2.64. The molecule has 0 spiro atoms. The molecule has 0 aliphatic carbocycles. The van der Waals surface area contributed by atoms with E-state index in [4.69, 9.17) is 0 Å². The molecule has 0 unspecified atom stereocenters. The summed E-state index contributed by atoms with van der Waals surface area (Å²) < 4.78 is 25.6. The average molecular weight is 254 g/mol. The summed E-state index contributed by atoms with van der Waals surface area (Å²) in [4.78, 5) is 24.7. The molecule has 1 aromatic carbocycles. The zero-order valence-corrected chi connectivity index (χ0v) is 9.58. The monoisotopic (exact) mass is 254 g/mol. The van der Waals surface area contributed by atoms with E-state index in [1.54, 1.807) is 0 Å². The number of hydrogen-bond acceptors (Lipinski definition) is 2. The van der Waals surface area contributed by atoms with Gasteiger partial charge in [-0.05, 0) is 25.0 Å². The van der Waals surface area contributed by atoms with Crippen molar-refractivity contribution in [3.05, 3.63) is 29.8 Å². The Bertz CT molecular complexity index is 485. The first-order valence-corrected chi connectivity index (χ1v) is 5.63. The van der Waals surface area contributed by atoms with E-state index in [1.165, 1.54) is 11.0 Å². The Balaban J connectivity index is 2.01. The van der Waals surface area contributed by atoms with Crippen LogP contribution in [0.3, 0.4) is 0 Å². The molecule has 0 aromatic heterocycles. The van der Waals surface area contributed by atoms with Gasteiger partial charge in [-0.2, -0.15) is 0 Å². The second-order valence-electron chi connectivity index (χ2n) is 4.08. The summed E-state index contributed by atoms with van der Waals surface area (Å²) in [6, 6.07) is 2.93. The van der Waals surface area contributed by atoms with E-state index in [9.17, 15) is 18.4 Å². The lowest BCUT2D eigenvalue weighted by Gasteiger charge is -2.14. The zero-order valence-electron chi connectivity index (χ0n) is 9.58. The van der Waals surface area contributed by atoms with Crippen LogP contribution in [-0.4, -0.2) is 29.8 Å². The minimum atomic E-state index is -1.07. The van der Waals surface area contributed by atoms with Crippen LogP contribution in [0.25, 0.3) is 0 Å². The number of hydrogen-bond donors (Lipinski definition) is 1. The van der Waals surface area contributed by atoms with Gasteiger partial charge >= 0.3 is 11.8 Å². The van der Waals surface area contributed by atoms with Crippen LogP contribution in [0.4, 0.5) is 14.5 Å². The molecule has 1 heterocycles. The van der Waals surface area contributed by atoms with Crippen molar-refractivity contribution in [3.63, 3.8) is 0 Å². The lowest BCUT2D eigenvalue weighted by Crippen LogP contribution is -2.37. The lowest BCUT2D eigenvalue weighted by atomic mass is 10.3. The molecule has 0 radical (unpaired) electrons. The Labute approximate surface area is 103 Å². The van der Waals surface area contributed by atoms with Crippen molar-refractivity contribution in [2.24, 2.45) is 0 Å². The molecule has 1 N–H and O–H groups in total. The van der Waals surface area contributed by atoms with E-state index >= 15 is 0 Å². The molecule has 2 amide bonds. The smallest absolute Gasteiger partial charge is 0.313 e. The minimum absolute atomic E-state index is 0.0615. The van der Waals surface area contributed by atoms with Crippen LogP contribution < -0.4 is 5.32 Å². The molecular formula is C12H12F2N2O2. The maximum absolute atomic E-state index is 12.9. The Hall–Kier alpha value is -1.98. The third-order valence-corrected chi connectivity index (χ3v) is 2.76. The zero-order chi connectivity index (χ0) is 13.1. The average Bonchev–Trinajstić information content (AvgIpc) is 2.86. The van der Waals surface area contributed by atoms with Crippen LogP contribution >= 0.6 is 0 Å². The van der Waals surface area contributed by atoms with Gasteiger partial charge < -0.3 is 10.2 Å². The van der Waals surface area contributed by atoms with Gasteiger partial charge in [-0.25, -0.2) is 8.78 Å². The molecule has 0 atom stereocenters. The first-order chi connectivity index (χ1) is 8.58. The number of nitrogens with one attached hydrogen (secondary N) is 1. The van der Waals surface area contributed by atoms with Crippen molar-refractivity contribution in [2.75, 3.05) is 18.4 Å². The largest absolute Gasteiger partial charge is 0.334 e. The van der Waals surface area contributed by atoms with Gasteiger partial charge in [-0.15, -0.1) is 0 Å². The summed E-state index contributed by atoms with van der Waals surface area (Å²) in [7, 11) is 0. The highest BCUT2D eigenvalue weighted by molar-refractivity contribution is 6.39. The molecule has 2 rings (SSSR count). The van der Waals surface area contributed by atoms with Crippen molar-refractivity contribution >= 4 is 17.5 Å². The summed E-state index contributed by atoms with van der Waals surface area (Å²) >= 11 is 0. The quantitative estimate of drug-likeness (QED) is 0.772. The number of amides is 2. The first-order valence-electron chi connectivity index (χ1n) is 5.63. The predicted molar refractivity (Wildman–Crippen MR) is 60.8 cm³/mol. The predicted octanol–water partition coefficient (Wildman–Crippen LogP) is 1.53. The molecule has 96 valence electrons. The minimum Gasteiger partial charge on any atom is -0.334 e. The van der Waals surface area contributed by atoms with Crippen molar-refractivity contribution < 1.29 is 18.4 Å². The van der Waals surface area contributed by atoms with E-state index < -0.39 is 23.4 Å². The Morgan fingerprint density at radius 1 is 1.11 bits per heavy atom. The number of likely N-dealkylation sites (tertiary alicyclic amines) is 1. The van der Waals surface area contributed by atoms with Gasteiger partial charge in [-0.1, -0.05) is 0 Å². The number of rotatable bonds is 1. The Morgan fingerprint density at radius 3 is 2.39 bits per heavy atom. The summed E-state index contributed by atoms with van der Waals surface area (Å²) in [6.45, 7) is 1.12. The fraction of sp³-hybridized carbons (Fsp3) is 0.333. The molecule has 4 nitrogen and oxygen atoms in total. The lowest BCUT2D eigenvalue weighted by molar-refractivity contribution is -0.142. The molecule has 1 saturated heterocycles. The maximum Gasteiger partial charge on any atom is 0.313 e. The first kappa shape index (κ1) is 12.5. The van der Waals surface area contributed by atoms with Crippen LogP contribution in [0.5, 0.6) is 0 Å². The van der Waals surface area contributed by atoms with Crippen LogP contribution in [0.1, 0.15) is 12.8 Å². The highest BCUT2D eigenvalue weighted by Crippen LogP contribution is 2.14. The molecule has 18 heavy (non-hydrogen) atoms. The number of benzene rings is 1. The summed E-state index contributed by atoms with van der Waals surface area (Å²) in [5, 5.41) is 2.25. The second kappa shape index (κ2) is 5.12. The number of carbonyl (C=O) groups is 2. The Kier molecular flexibility index (Phi) is 3.55. The normalized spacial score (nSPS) is 14.7. The summed E-state index contributed by atoms with van der Waals surface area (Å²) in [6.07, 6.45) is 1.76. The van der Waals surface area contributed by atoms with Gasteiger partial charge in [0.15, 0.2) is 11.6 Å².